The fourth-order valence-corrected chi connectivity index (χ4v) is 5.54. The Kier molecular flexibility index (Phi) is 12.5. The van der Waals surface area contributed by atoms with Crippen molar-refractivity contribution in [2.75, 3.05) is 61.7 Å². The molecule has 11 nitrogen and oxygen atoms in total. The second kappa shape index (κ2) is 16.0. The second-order valence-electron chi connectivity index (χ2n) is 10.8. The van der Waals surface area contributed by atoms with E-state index in [0.29, 0.717) is 18.1 Å². The van der Waals surface area contributed by atoms with Crippen LogP contribution >= 0.6 is 0 Å². The Morgan fingerprint density at radius 3 is 1.93 bits per heavy atom. The van der Waals surface area contributed by atoms with Crippen LogP contribution in [0.15, 0.2) is 24.3 Å². The number of nitrogens with zero attached hydrogens (tertiary/aromatic N) is 2. The van der Waals surface area contributed by atoms with Gasteiger partial charge in [-0.05, 0) is 85.8 Å². The van der Waals surface area contributed by atoms with Crippen molar-refractivity contribution in [2.45, 2.75) is 50.9 Å². The van der Waals surface area contributed by atoms with Crippen molar-refractivity contribution < 1.29 is 43.5 Å². The van der Waals surface area contributed by atoms with E-state index in [2.05, 4.69) is 24.1 Å². The molecule has 236 valence electrons. The normalized spacial score (nSPS) is 15.3. The zero-order valence-electron chi connectivity index (χ0n) is 25.8. The molecule has 1 heterocycles. The van der Waals surface area contributed by atoms with Crippen molar-refractivity contribution in [1.82, 2.24) is 9.80 Å². The zero-order chi connectivity index (χ0) is 31.5. The van der Waals surface area contributed by atoms with Gasteiger partial charge in [0.1, 0.15) is 0 Å². The highest BCUT2D eigenvalue weighted by Crippen LogP contribution is 2.42. The van der Waals surface area contributed by atoms with Crippen LogP contribution in [-0.2, 0) is 33.6 Å². The summed E-state index contributed by atoms with van der Waals surface area (Å²) < 4.78 is 21.7. The minimum absolute atomic E-state index is 0.0632. The number of carbonyl (C=O) groups is 3. The highest BCUT2D eigenvalue weighted by molar-refractivity contribution is 5.80. The summed E-state index contributed by atoms with van der Waals surface area (Å²) in [6.07, 6.45) is 3.35. The Morgan fingerprint density at radius 1 is 0.837 bits per heavy atom. The highest BCUT2D eigenvalue weighted by Gasteiger charge is 2.29. The third-order valence-corrected chi connectivity index (χ3v) is 7.88. The summed E-state index contributed by atoms with van der Waals surface area (Å²) in [5.74, 6) is 1.79. The summed E-state index contributed by atoms with van der Waals surface area (Å²) >= 11 is 0. The number of carboxylic acids is 2. The molecular formula is C32H44N2O9. The molecule has 43 heavy (non-hydrogen) atoms. The summed E-state index contributed by atoms with van der Waals surface area (Å²) in [7, 11) is 8.79. The van der Waals surface area contributed by atoms with Crippen LogP contribution in [0, 0.1) is 0 Å². The number of aliphatic carboxylic acids is 2. The van der Waals surface area contributed by atoms with Gasteiger partial charge in [-0.15, -0.1) is 0 Å². The maximum Gasteiger partial charge on any atom is 0.303 e. The SMILES string of the molecule is COc1cc2c(cc1OC)CC(=O)N(CCCN(C)C[C@H]1Cc3cc(OC)c(OC)cc31)CC2.O=C(O)CCCC(=O)O. The Bertz CT molecular complexity index is 1270. The number of rotatable bonds is 14. The van der Waals surface area contributed by atoms with Crippen molar-refractivity contribution in [2.24, 2.45) is 0 Å². The molecule has 0 saturated heterocycles. The maximum absolute atomic E-state index is 12.9. The summed E-state index contributed by atoms with van der Waals surface area (Å²) in [6, 6.07) is 8.18. The fourth-order valence-electron chi connectivity index (χ4n) is 5.54. The molecule has 0 spiro atoms. The summed E-state index contributed by atoms with van der Waals surface area (Å²) in [4.78, 5) is 36.9. The molecule has 1 aliphatic heterocycles. The van der Waals surface area contributed by atoms with Gasteiger partial charge in [-0.3, -0.25) is 14.4 Å². The summed E-state index contributed by atoms with van der Waals surface area (Å²) in [5.41, 5.74) is 4.91. The van der Waals surface area contributed by atoms with E-state index in [1.807, 2.05) is 17.0 Å². The van der Waals surface area contributed by atoms with Crippen LogP contribution in [-0.4, -0.2) is 99.5 Å². The smallest absolute Gasteiger partial charge is 0.303 e. The van der Waals surface area contributed by atoms with E-state index >= 15 is 0 Å². The van der Waals surface area contributed by atoms with Gasteiger partial charge < -0.3 is 39.0 Å². The molecule has 1 atom stereocenters. The lowest BCUT2D eigenvalue weighted by molar-refractivity contribution is -0.138. The molecule has 2 N–H and O–H groups in total. The van der Waals surface area contributed by atoms with E-state index in [0.717, 1.165) is 68.3 Å². The molecule has 0 unspecified atom stereocenters. The van der Waals surface area contributed by atoms with Crippen LogP contribution in [0.4, 0.5) is 0 Å². The third kappa shape index (κ3) is 9.25. The van der Waals surface area contributed by atoms with Gasteiger partial charge in [0, 0.05) is 38.4 Å². The predicted octanol–water partition coefficient (Wildman–Crippen LogP) is 3.64. The molecule has 2 aliphatic rings. The van der Waals surface area contributed by atoms with Crippen LogP contribution in [0.2, 0.25) is 0 Å². The van der Waals surface area contributed by atoms with Crippen molar-refractivity contribution >= 4 is 17.8 Å². The van der Waals surface area contributed by atoms with Crippen LogP contribution in [0.25, 0.3) is 0 Å². The number of carbonyl (C=O) groups excluding carboxylic acids is 1. The van der Waals surface area contributed by atoms with Gasteiger partial charge in [0.2, 0.25) is 5.91 Å². The first-order valence-corrected chi connectivity index (χ1v) is 14.5. The van der Waals surface area contributed by atoms with Crippen molar-refractivity contribution in [3.63, 3.8) is 0 Å². The molecule has 4 rings (SSSR count). The third-order valence-electron chi connectivity index (χ3n) is 7.88. The molecule has 1 aliphatic carbocycles. The standard InChI is InChI=1S/C27H36N2O5.C5H8O4/c1-28(17-21-11-20-14-25(33-4)26(34-5)16-22(20)21)8-6-9-29-10-7-18-12-23(31-2)24(32-3)13-19(18)15-27(29)30;6-4(7)2-1-3-5(8)9/h12-14,16,21H,6-11,15,17H2,1-5H3;1-3H2,(H,6,7)(H,8,9)/t21-;/m1./s1. The number of fused-ring (bicyclic) bond motifs is 2. The number of hydrogen-bond acceptors (Lipinski definition) is 8. The quantitative estimate of drug-likeness (QED) is 0.331. The van der Waals surface area contributed by atoms with Crippen molar-refractivity contribution in [1.29, 1.82) is 0 Å². The number of likely N-dealkylation sites (N-methyl/N-ethyl adjacent to an activating group) is 1. The molecule has 2 aromatic carbocycles. The minimum atomic E-state index is -0.948. The first-order valence-electron chi connectivity index (χ1n) is 14.5. The zero-order valence-corrected chi connectivity index (χ0v) is 25.8. The lowest BCUT2D eigenvalue weighted by Crippen LogP contribution is -2.36. The van der Waals surface area contributed by atoms with Crippen LogP contribution in [0.5, 0.6) is 23.0 Å². The van der Waals surface area contributed by atoms with Crippen LogP contribution in [0.3, 0.4) is 0 Å². The number of ether oxygens (including phenoxy) is 4. The number of carboxylic acid groups (broad SMARTS) is 2. The minimum Gasteiger partial charge on any atom is -0.493 e. The van der Waals surface area contributed by atoms with E-state index in [-0.39, 0.29) is 25.2 Å². The first kappa shape index (κ1) is 33.5. The summed E-state index contributed by atoms with van der Waals surface area (Å²) in [5, 5.41) is 16.1. The Morgan fingerprint density at radius 2 is 1.37 bits per heavy atom. The van der Waals surface area contributed by atoms with E-state index in [1.165, 1.54) is 16.7 Å². The van der Waals surface area contributed by atoms with Gasteiger partial charge in [-0.1, -0.05) is 0 Å². The molecule has 1 amide bonds. The molecular weight excluding hydrogens is 556 g/mol. The number of benzene rings is 2. The lowest BCUT2D eigenvalue weighted by atomic mass is 9.77. The maximum atomic E-state index is 12.9. The molecule has 11 heteroatoms. The molecule has 0 fully saturated rings. The number of hydrogen-bond donors (Lipinski definition) is 2. The Hall–Kier alpha value is -3.99. The number of methoxy groups -OCH3 is 4. The topological polar surface area (TPSA) is 135 Å². The van der Waals surface area contributed by atoms with E-state index < -0.39 is 11.9 Å². The van der Waals surface area contributed by atoms with E-state index in [1.54, 1.807) is 28.4 Å². The lowest BCUT2D eigenvalue weighted by Gasteiger charge is -2.34. The Labute approximate surface area is 253 Å². The molecule has 2 aromatic rings. The highest BCUT2D eigenvalue weighted by atomic mass is 16.5. The average Bonchev–Trinajstić information content (AvgIpc) is 3.12. The first-order chi connectivity index (χ1) is 20.6. The van der Waals surface area contributed by atoms with Crippen LogP contribution < -0.4 is 18.9 Å². The average molecular weight is 601 g/mol. The summed E-state index contributed by atoms with van der Waals surface area (Å²) in [6.45, 7) is 3.47. The van der Waals surface area contributed by atoms with E-state index in [4.69, 9.17) is 29.2 Å². The van der Waals surface area contributed by atoms with Crippen molar-refractivity contribution in [3.8, 4) is 23.0 Å². The predicted molar refractivity (Wildman–Crippen MR) is 161 cm³/mol. The fraction of sp³-hybridized carbons (Fsp3) is 0.531. The molecule has 0 aromatic heterocycles. The van der Waals surface area contributed by atoms with Gasteiger partial charge in [0.15, 0.2) is 23.0 Å². The van der Waals surface area contributed by atoms with Crippen molar-refractivity contribution in [3.05, 3.63) is 46.5 Å². The van der Waals surface area contributed by atoms with Gasteiger partial charge in [0.05, 0.1) is 34.9 Å². The van der Waals surface area contributed by atoms with Gasteiger partial charge in [-0.25, -0.2) is 0 Å². The molecule has 0 bridgehead atoms. The van der Waals surface area contributed by atoms with E-state index in [9.17, 15) is 14.4 Å². The van der Waals surface area contributed by atoms with Crippen LogP contribution in [0.1, 0.15) is 53.9 Å². The van der Waals surface area contributed by atoms with Gasteiger partial charge >= 0.3 is 11.9 Å². The molecule has 0 radical (unpaired) electrons. The molecule has 0 saturated carbocycles. The largest absolute Gasteiger partial charge is 0.493 e. The number of amides is 1. The van der Waals surface area contributed by atoms with Gasteiger partial charge in [-0.2, -0.15) is 0 Å². The van der Waals surface area contributed by atoms with Gasteiger partial charge in [0.25, 0.3) is 0 Å². The Balaban J connectivity index is 0.000000489. The second-order valence-corrected chi connectivity index (χ2v) is 10.8. The monoisotopic (exact) mass is 600 g/mol.